The first-order valence-electron chi connectivity index (χ1n) is 18.3. The molecule has 0 saturated heterocycles. The highest BCUT2D eigenvalue weighted by Crippen LogP contribution is 2.49. The van der Waals surface area contributed by atoms with E-state index >= 15 is 0 Å². The lowest BCUT2D eigenvalue weighted by atomic mass is 9.99. The quantitative estimate of drug-likeness (QED) is 0.177. The number of fused-ring (bicyclic) bond motifs is 12. The molecule has 258 valence electrons. The maximum absolute atomic E-state index is 5.20. The van der Waals surface area contributed by atoms with Crippen LogP contribution in [0.2, 0.25) is 0 Å². The minimum absolute atomic E-state index is 0.854. The first kappa shape index (κ1) is 29.5. The summed E-state index contributed by atoms with van der Waals surface area (Å²) in [5.41, 5.74) is 15.1. The smallest absolute Gasteiger partial charge is 0.0970 e. The van der Waals surface area contributed by atoms with Crippen LogP contribution in [0.3, 0.4) is 0 Å². The van der Waals surface area contributed by atoms with Gasteiger partial charge in [0.1, 0.15) is 0 Å². The van der Waals surface area contributed by atoms with Crippen LogP contribution in [0, 0.1) is 0 Å². The second kappa shape index (κ2) is 10.8. The van der Waals surface area contributed by atoms with Crippen molar-refractivity contribution in [2.45, 2.75) is 0 Å². The van der Waals surface area contributed by atoms with E-state index in [-0.39, 0.29) is 0 Å². The van der Waals surface area contributed by atoms with E-state index < -0.39 is 0 Å². The Morgan fingerprint density at radius 3 is 1.11 bits per heavy atom. The second-order valence-corrected chi connectivity index (χ2v) is 14.1. The topological polar surface area (TPSA) is 112 Å². The zero-order valence-corrected chi connectivity index (χ0v) is 29.3. The van der Waals surface area contributed by atoms with Crippen molar-refractivity contribution >= 4 is 76.5 Å². The van der Waals surface area contributed by atoms with Crippen molar-refractivity contribution in [3.63, 3.8) is 0 Å². The van der Waals surface area contributed by atoms with Crippen LogP contribution in [0.5, 0.6) is 0 Å². The van der Waals surface area contributed by atoms with Gasteiger partial charge in [-0.1, -0.05) is 24.3 Å². The van der Waals surface area contributed by atoms with E-state index in [0.717, 1.165) is 121 Å². The van der Waals surface area contributed by atoms with Crippen molar-refractivity contribution < 1.29 is 0 Å². The Morgan fingerprint density at radius 2 is 0.732 bits per heavy atom. The summed E-state index contributed by atoms with van der Waals surface area (Å²) in [5.74, 6) is 0. The predicted molar refractivity (Wildman–Crippen MR) is 220 cm³/mol. The van der Waals surface area contributed by atoms with Gasteiger partial charge in [0.25, 0.3) is 0 Å². The number of rotatable bonds is 4. The predicted octanol–water partition coefficient (Wildman–Crippen LogP) is 9.81. The molecular weight excluding hydrogens is 693 g/mol. The molecule has 1 aromatic carbocycles. The highest BCUT2D eigenvalue weighted by molar-refractivity contribution is 6.32. The molecule has 12 aromatic heterocycles. The van der Waals surface area contributed by atoms with Crippen molar-refractivity contribution in [3.8, 4) is 45.0 Å². The molecule has 10 heteroatoms. The second-order valence-electron chi connectivity index (χ2n) is 14.1. The molecule has 0 atom stereocenters. The summed E-state index contributed by atoms with van der Waals surface area (Å²) in [6, 6.07) is 28.5. The van der Waals surface area contributed by atoms with E-state index in [2.05, 4.69) is 20.9 Å². The lowest BCUT2D eigenvalue weighted by Crippen LogP contribution is -1.90. The van der Waals surface area contributed by atoms with E-state index in [1.165, 1.54) is 0 Å². The first-order chi connectivity index (χ1) is 27.8. The Kier molecular flexibility index (Phi) is 5.68. The molecule has 0 aliphatic rings. The normalized spacial score (nSPS) is 12.3. The molecule has 0 aliphatic heterocycles. The van der Waals surface area contributed by atoms with Gasteiger partial charge in [0.05, 0.1) is 79.3 Å². The van der Waals surface area contributed by atoms with E-state index in [0.29, 0.717) is 0 Å². The van der Waals surface area contributed by atoms with Gasteiger partial charge in [0.2, 0.25) is 0 Å². The van der Waals surface area contributed by atoms with Gasteiger partial charge in [-0.15, -0.1) is 0 Å². The van der Waals surface area contributed by atoms with Gasteiger partial charge in [-0.2, -0.15) is 0 Å². The maximum Gasteiger partial charge on any atom is 0.0970 e. The average Bonchev–Trinajstić information content (AvgIpc) is 4.00. The first-order valence-corrected chi connectivity index (χ1v) is 18.3. The van der Waals surface area contributed by atoms with E-state index in [9.17, 15) is 0 Å². The van der Waals surface area contributed by atoms with Crippen LogP contribution in [0.4, 0.5) is 0 Å². The molecule has 0 radical (unpaired) electrons. The fraction of sp³-hybridized carbons (Fsp3) is 0. The molecule has 0 saturated carbocycles. The van der Waals surface area contributed by atoms with Crippen LogP contribution in [-0.4, -0.2) is 48.7 Å². The number of hydrogen-bond acceptors (Lipinski definition) is 8. The lowest BCUT2D eigenvalue weighted by molar-refractivity contribution is 1.27. The molecule has 0 spiro atoms. The average molecular weight is 717 g/mol. The highest BCUT2D eigenvalue weighted by atomic mass is 15.0. The SMILES string of the molecule is c1ccc(-c2cncc3c2c2c(-c4ccccn4)cnc4c5cc6c7ncc(-c8ccccn8)c8c9c(-c%10ccccn%10)cncc9n(c6cc5n3c42)c78)nc1. The van der Waals surface area contributed by atoms with Crippen molar-refractivity contribution in [1.29, 1.82) is 0 Å². The Balaban J connectivity index is 1.23. The molecule has 0 N–H and O–H groups in total. The number of pyridine rings is 8. The molecule has 13 aromatic rings. The largest absolute Gasteiger partial charge is 0.305 e. The molecule has 12 heterocycles. The van der Waals surface area contributed by atoms with Gasteiger partial charge in [0.15, 0.2) is 0 Å². The zero-order chi connectivity index (χ0) is 36.5. The number of aromatic nitrogens is 10. The summed E-state index contributed by atoms with van der Waals surface area (Å²) in [6.45, 7) is 0. The fourth-order valence-corrected chi connectivity index (χ4v) is 9.03. The molecule has 56 heavy (non-hydrogen) atoms. The Morgan fingerprint density at radius 1 is 0.339 bits per heavy atom. The van der Waals surface area contributed by atoms with Crippen molar-refractivity contribution in [1.82, 2.24) is 48.7 Å². The molecule has 0 aliphatic carbocycles. The van der Waals surface area contributed by atoms with Crippen LogP contribution in [0.1, 0.15) is 0 Å². The van der Waals surface area contributed by atoms with Crippen LogP contribution >= 0.6 is 0 Å². The van der Waals surface area contributed by atoms with Gasteiger partial charge in [0, 0.05) is 104 Å². The van der Waals surface area contributed by atoms with Gasteiger partial charge in [-0.05, 0) is 60.7 Å². The zero-order valence-electron chi connectivity index (χ0n) is 29.3. The third-order valence-electron chi connectivity index (χ3n) is 11.3. The summed E-state index contributed by atoms with van der Waals surface area (Å²) >= 11 is 0. The maximum atomic E-state index is 5.20. The van der Waals surface area contributed by atoms with Crippen LogP contribution in [0.15, 0.2) is 147 Å². The molecule has 0 bridgehead atoms. The van der Waals surface area contributed by atoms with E-state index in [1.54, 1.807) is 0 Å². The molecule has 0 unspecified atom stereocenters. The summed E-state index contributed by atoms with van der Waals surface area (Å²) in [7, 11) is 0. The van der Waals surface area contributed by atoms with Crippen LogP contribution in [-0.2, 0) is 0 Å². The van der Waals surface area contributed by atoms with E-state index in [1.807, 2.05) is 135 Å². The minimum atomic E-state index is 0.854. The third kappa shape index (κ3) is 3.74. The Bertz CT molecular complexity index is 3440. The van der Waals surface area contributed by atoms with Crippen molar-refractivity contribution in [2.24, 2.45) is 0 Å². The summed E-state index contributed by atoms with van der Waals surface area (Å²) in [6.07, 6.45) is 19.0. The van der Waals surface area contributed by atoms with Crippen LogP contribution < -0.4 is 0 Å². The Labute approximate surface area is 316 Å². The molecule has 0 amide bonds. The number of nitrogens with zero attached hydrogens (tertiary/aromatic N) is 10. The Hall–Kier alpha value is -7.98. The minimum Gasteiger partial charge on any atom is -0.305 e. The third-order valence-corrected chi connectivity index (χ3v) is 11.3. The summed E-state index contributed by atoms with van der Waals surface area (Å²) in [4.78, 5) is 39.1. The van der Waals surface area contributed by atoms with Gasteiger partial charge >= 0.3 is 0 Å². The van der Waals surface area contributed by atoms with Crippen molar-refractivity contribution in [3.05, 3.63) is 147 Å². The van der Waals surface area contributed by atoms with Gasteiger partial charge in [-0.3, -0.25) is 39.9 Å². The highest BCUT2D eigenvalue weighted by Gasteiger charge is 2.28. The van der Waals surface area contributed by atoms with E-state index in [4.69, 9.17) is 39.9 Å². The molecule has 13 rings (SSSR count). The number of benzene rings is 1. The lowest BCUT2D eigenvalue weighted by Gasteiger charge is -2.08. The summed E-state index contributed by atoms with van der Waals surface area (Å²) in [5, 5.41) is 6.33. The molecule has 10 nitrogen and oxygen atoms in total. The van der Waals surface area contributed by atoms with Crippen LogP contribution in [0.25, 0.3) is 121 Å². The van der Waals surface area contributed by atoms with Gasteiger partial charge < -0.3 is 8.80 Å². The monoisotopic (exact) mass is 716 g/mol. The van der Waals surface area contributed by atoms with Crippen molar-refractivity contribution in [2.75, 3.05) is 0 Å². The molecular formula is C46H24N10. The standard InChI is InChI=1S/C46H24N10/c1-5-13-49-31(9-1)27-19-47-23-37-39(27)41-29(33-11-3-7-15-51-33)21-53-43-25-17-26-36(18-35(25)55(37)45(41)43)56-38-24-48-20-28(32-10-2-6-14-50-32)40(38)42-30(22-54-44(26)46(42)56)34-12-4-8-16-52-34/h1-24H. The summed E-state index contributed by atoms with van der Waals surface area (Å²) < 4.78 is 4.65. The number of hydrogen-bond donors (Lipinski definition) is 0. The molecule has 0 fully saturated rings. The fourth-order valence-electron chi connectivity index (χ4n) is 9.03. The van der Waals surface area contributed by atoms with Gasteiger partial charge in [-0.25, -0.2) is 0 Å².